The molecule has 0 saturated carbocycles. The number of hydrogen-bond donors (Lipinski definition) is 2. The molecule has 0 aliphatic rings. The van der Waals surface area contributed by atoms with Crippen LogP contribution in [0.5, 0.6) is 0 Å². The van der Waals surface area contributed by atoms with Crippen molar-refractivity contribution in [3.05, 3.63) is 87.5 Å². The Morgan fingerprint density at radius 1 is 1.08 bits per heavy atom. The third kappa shape index (κ3) is 3.87. The molecule has 0 amide bonds. The lowest BCUT2D eigenvalue weighted by Crippen LogP contribution is -2.27. The van der Waals surface area contributed by atoms with Crippen molar-refractivity contribution < 1.29 is 9.50 Å². The Balaban J connectivity index is 1.98. The molecule has 0 aliphatic heterocycles. The Morgan fingerprint density at radius 2 is 1.85 bits per heavy atom. The Hall–Kier alpha value is -2.83. The predicted octanol–water partition coefficient (Wildman–Crippen LogP) is 2.24. The number of aliphatic hydroxyl groups is 1. The van der Waals surface area contributed by atoms with Gasteiger partial charge in [-0.25, -0.2) is 9.07 Å². The second-order valence-electron chi connectivity index (χ2n) is 5.99. The summed E-state index contributed by atoms with van der Waals surface area (Å²) in [4.78, 5) is 12.4. The molecular weight excluding hydrogens is 333 g/mol. The molecule has 0 saturated heterocycles. The number of aryl methyl sites for hydroxylation is 2. The van der Waals surface area contributed by atoms with Crippen LogP contribution >= 0.6 is 0 Å². The third-order valence-corrected chi connectivity index (χ3v) is 4.24. The summed E-state index contributed by atoms with van der Waals surface area (Å²) in [5, 5.41) is 13.9. The maximum Gasteiger partial charge on any atom is 0.272 e. The number of rotatable bonds is 6. The first-order valence-electron chi connectivity index (χ1n) is 8.37. The largest absolute Gasteiger partial charge is 0.391 e. The van der Waals surface area contributed by atoms with Crippen LogP contribution in [0.4, 0.5) is 4.39 Å². The predicted molar refractivity (Wildman–Crippen MR) is 97.9 cm³/mol. The number of aliphatic hydroxyl groups excluding tert-OH is 1. The number of nitrogens with zero attached hydrogens (tertiary/aromatic N) is 2. The molecule has 26 heavy (non-hydrogen) atoms. The molecule has 0 aliphatic carbocycles. The van der Waals surface area contributed by atoms with Crippen LogP contribution in [-0.2, 0) is 26.1 Å². The highest BCUT2D eigenvalue weighted by Gasteiger charge is 2.11. The van der Waals surface area contributed by atoms with E-state index in [0.29, 0.717) is 29.8 Å². The Kier molecular flexibility index (Phi) is 5.55. The van der Waals surface area contributed by atoms with Gasteiger partial charge in [-0.15, -0.1) is 0 Å². The molecule has 0 bridgehead atoms. The van der Waals surface area contributed by atoms with E-state index in [1.54, 1.807) is 12.1 Å². The van der Waals surface area contributed by atoms with Gasteiger partial charge in [-0.1, -0.05) is 30.3 Å². The highest BCUT2D eigenvalue weighted by atomic mass is 19.1. The molecule has 6 heteroatoms. The second-order valence-corrected chi connectivity index (χ2v) is 5.99. The van der Waals surface area contributed by atoms with Gasteiger partial charge in [-0.05, 0) is 36.2 Å². The van der Waals surface area contributed by atoms with Crippen molar-refractivity contribution in [2.24, 2.45) is 5.73 Å². The summed E-state index contributed by atoms with van der Waals surface area (Å²) in [7, 11) is 0. The molecule has 1 aromatic heterocycles. The summed E-state index contributed by atoms with van der Waals surface area (Å²) in [5.74, 6) is -0.379. The van der Waals surface area contributed by atoms with E-state index in [2.05, 4.69) is 5.10 Å². The van der Waals surface area contributed by atoms with Gasteiger partial charge in [0.25, 0.3) is 5.56 Å². The van der Waals surface area contributed by atoms with Crippen LogP contribution in [0.1, 0.15) is 16.7 Å². The molecular formula is C20H20FN3O2. The van der Waals surface area contributed by atoms with Crippen molar-refractivity contribution in [1.29, 1.82) is 0 Å². The maximum atomic E-state index is 13.7. The molecule has 3 aromatic rings. The molecule has 0 atom stereocenters. The summed E-state index contributed by atoms with van der Waals surface area (Å²) >= 11 is 0. The van der Waals surface area contributed by atoms with Crippen molar-refractivity contribution in [3.63, 3.8) is 0 Å². The van der Waals surface area contributed by atoms with Crippen molar-refractivity contribution in [3.8, 4) is 11.3 Å². The standard InChI is InChI=1S/C20H20FN3O2/c21-18-7-6-15(10-16(18)12-22)19-11-17(13-25)20(26)24(23-19)9-8-14-4-2-1-3-5-14/h1-7,10-11,25H,8-9,12-13,22H2. The molecule has 134 valence electrons. The lowest BCUT2D eigenvalue weighted by atomic mass is 10.1. The molecule has 0 fully saturated rings. The van der Waals surface area contributed by atoms with E-state index < -0.39 is 0 Å². The van der Waals surface area contributed by atoms with Gasteiger partial charge >= 0.3 is 0 Å². The van der Waals surface area contributed by atoms with Gasteiger partial charge in [-0.2, -0.15) is 5.10 Å². The third-order valence-electron chi connectivity index (χ3n) is 4.24. The zero-order chi connectivity index (χ0) is 18.5. The average Bonchev–Trinajstić information content (AvgIpc) is 2.68. The van der Waals surface area contributed by atoms with E-state index in [1.165, 1.54) is 16.8 Å². The fourth-order valence-corrected chi connectivity index (χ4v) is 2.77. The van der Waals surface area contributed by atoms with Crippen molar-refractivity contribution in [2.45, 2.75) is 26.1 Å². The van der Waals surface area contributed by atoms with Gasteiger partial charge in [0, 0.05) is 29.8 Å². The van der Waals surface area contributed by atoms with Crippen LogP contribution in [-0.4, -0.2) is 14.9 Å². The van der Waals surface area contributed by atoms with E-state index in [9.17, 15) is 14.3 Å². The van der Waals surface area contributed by atoms with Crippen molar-refractivity contribution in [1.82, 2.24) is 9.78 Å². The number of aromatic nitrogens is 2. The summed E-state index contributed by atoms with van der Waals surface area (Å²) in [5.41, 5.74) is 8.09. The Bertz CT molecular complexity index is 955. The topological polar surface area (TPSA) is 81.1 Å². The SMILES string of the molecule is NCc1cc(-c2cc(CO)c(=O)n(CCc3ccccc3)n2)ccc1F. The van der Waals surface area contributed by atoms with E-state index in [0.717, 1.165) is 5.56 Å². The smallest absolute Gasteiger partial charge is 0.272 e. The van der Waals surface area contributed by atoms with E-state index >= 15 is 0 Å². The van der Waals surface area contributed by atoms with Crippen molar-refractivity contribution in [2.75, 3.05) is 0 Å². The molecule has 2 aromatic carbocycles. The minimum absolute atomic E-state index is 0.0696. The average molecular weight is 353 g/mol. The zero-order valence-corrected chi connectivity index (χ0v) is 14.2. The molecule has 5 nitrogen and oxygen atoms in total. The summed E-state index contributed by atoms with van der Waals surface area (Å²) < 4.78 is 15.0. The van der Waals surface area contributed by atoms with Gasteiger partial charge in [0.1, 0.15) is 5.82 Å². The van der Waals surface area contributed by atoms with Crippen LogP contribution < -0.4 is 11.3 Å². The molecule has 0 radical (unpaired) electrons. The fourth-order valence-electron chi connectivity index (χ4n) is 2.77. The summed E-state index contributed by atoms with van der Waals surface area (Å²) in [6.45, 7) is 0.0689. The summed E-state index contributed by atoms with van der Waals surface area (Å²) in [6.07, 6.45) is 0.638. The van der Waals surface area contributed by atoms with Gasteiger partial charge in [-0.3, -0.25) is 4.79 Å². The van der Waals surface area contributed by atoms with E-state index in [1.807, 2.05) is 30.3 Å². The van der Waals surface area contributed by atoms with Crippen LogP contribution in [0.25, 0.3) is 11.3 Å². The molecule has 3 N–H and O–H groups in total. The first kappa shape index (κ1) is 18.0. The molecule has 0 unspecified atom stereocenters. The number of nitrogens with two attached hydrogens (primary N) is 1. The normalized spacial score (nSPS) is 10.9. The van der Waals surface area contributed by atoms with Crippen LogP contribution in [0.15, 0.2) is 59.4 Å². The quantitative estimate of drug-likeness (QED) is 0.712. The van der Waals surface area contributed by atoms with Gasteiger partial charge < -0.3 is 10.8 Å². The first-order valence-corrected chi connectivity index (χ1v) is 8.37. The highest BCUT2D eigenvalue weighted by Crippen LogP contribution is 2.20. The maximum absolute atomic E-state index is 13.7. The highest BCUT2D eigenvalue weighted by molar-refractivity contribution is 5.60. The zero-order valence-electron chi connectivity index (χ0n) is 14.2. The van der Waals surface area contributed by atoms with Crippen LogP contribution in [0.3, 0.4) is 0 Å². The summed E-state index contributed by atoms with van der Waals surface area (Å²) in [6, 6.07) is 15.8. The fraction of sp³-hybridized carbons (Fsp3) is 0.200. The first-order chi connectivity index (χ1) is 12.6. The van der Waals surface area contributed by atoms with Gasteiger partial charge in [0.05, 0.1) is 12.3 Å². The second kappa shape index (κ2) is 8.03. The van der Waals surface area contributed by atoms with Crippen LogP contribution in [0, 0.1) is 5.82 Å². The monoisotopic (exact) mass is 353 g/mol. The van der Waals surface area contributed by atoms with E-state index in [4.69, 9.17) is 5.73 Å². The van der Waals surface area contributed by atoms with Crippen LogP contribution in [0.2, 0.25) is 0 Å². The lowest BCUT2D eigenvalue weighted by molar-refractivity contribution is 0.278. The van der Waals surface area contributed by atoms with Crippen molar-refractivity contribution >= 4 is 0 Å². The Labute approximate surface area is 150 Å². The minimum Gasteiger partial charge on any atom is -0.391 e. The van der Waals surface area contributed by atoms with Gasteiger partial charge in [0.15, 0.2) is 0 Å². The number of halogens is 1. The molecule has 0 spiro atoms. The molecule has 1 heterocycles. The van der Waals surface area contributed by atoms with E-state index in [-0.39, 0.29) is 30.1 Å². The minimum atomic E-state index is -0.384. The Morgan fingerprint density at radius 3 is 2.54 bits per heavy atom. The molecule has 3 rings (SSSR count). The number of benzene rings is 2. The number of hydrogen-bond acceptors (Lipinski definition) is 4. The van der Waals surface area contributed by atoms with Gasteiger partial charge in [0.2, 0.25) is 0 Å². The lowest BCUT2D eigenvalue weighted by Gasteiger charge is -2.11.